The number of esters is 1. The molecule has 1 aliphatic heterocycles. The van der Waals surface area contributed by atoms with Crippen molar-refractivity contribution in [1.29, 1.82) is 0 Å². The maximum atomic E-state index is 12.0. The Morgan fingerprint density at radius 2 is 2.16 bits per heavy atom. The third-order valence-corrected chi connectivity index (χ3v) is 4.53. The second-order valence-electron chi connectivity index (χ2n) is 4.09. The number of hydrogen-bond acceptors (Lipinski definition) is 6. The molecule has 1 heterocycles. The summed E-state index contributed by atoms with van der Waals surface area (Å²) >= 11 is 0. The molecule has 0 spiro atoms. The summed E-state index contributed by atoms with van der Waals surface area (Å²) in [6.07, 6.45) is -1.12. The third kappa shape index (κ3) is 5.13. The molecular formula is C10H17NO7S. The average molecular weight is 295 g/mol. The van der Waals surface area contributed by atoms with Crippen molar-refractivity contribution in [2.24, 2.45) is 0 Å². The molecule has 8 nitrogen and oxygen atoms in total. The second-order valence-corrected chi connectivity index (χ2v) is 6.18. The number of hydrogen-bond donors (Lipinski definition) is 1. The summed E-state index contributed by atoms with van der Waals surface area (Å²) in [6.45, 7) is 0.310. The smallest absolute Gasteiger partial charge is 0.306 e. The van der Waals surface area contributed by atoms with Crippen molar-refractivity contribution in [3.05, 3.63) is 0 Å². The zero-order valence-corrected chi connectivity index (χ0v) is 11.4. The largest absolute Gasteiger partial charge is 0.481 e. The highest BCUT2D eigenvalue weighted by molar-refractivity contribution is 7.89. The van der Waals surface area contributed by atoms with Gasteiger partial charge in [0.2, 0.25) is 10.0 Å². The van der Waals surface area contributed by atoms with Gasteiger partial charge < -0.3 is 14.6 Å². The lowest BCUT2D eigenvalue weighted by molar-refractivity contribution is -0.141. The summed E-state index contributed by atoms with van der Waals surface area (Å²) in [4.78, 5) is 21.5. The molecule has 1 N–H and O–H groups in total. The molecule has 1 aliphatic rings. The number of carboxylic acid groups (broad SMARTS) is 1. The first-order valence-electron chi connectivity index (χ1n) is 5.73. The van der Waals surface area contributed by atoms with Crippen LogP contribution in [0.25, 0.3) is 0 Å². The molecule has 1 fully saturated rings. The molecule has 1 unspecified atom stereocenters. The first kappa shape index (κ1) is 15.9. The Kier molecular flexibility index (Phi) is 5.70. The van der Waals surface area contributed by atoms with Crippen molar-refractivity contribution < 1.29 is 32.6 Å². The molecule has 0 amide bonds. The number of aliphatic carboxylic acids is 1. The summed E-state index contributed by atoms with van der Waals surface area (Å²) in [5, 5.41) is 8.65. The minimum Gasteiger partial charge on any atom is -0.481 e. The van der Waals surface area contributed by atoms with Crippen molar-refractivity contribution in [1.82, 2.24) is 4.31 Å². The maximum absolute atomic E-state index is 12.0. The van der Waals surface area contributed by atoms with Crippen molar-refractivity contribution in [2.75, 3.05) is 32.6 Å². The van der Waals surface area contributed by atoms with E-state index in [0.717, 1.165) is 4.31 Å². The monoisotopic (exact) mass is 295 g/mol. The molecule has 1 rings (SSSR count). The van der Waals surface area contributed by atoms with Gasteiger partial charge in [0.15, 0.2) is 0 Å². The Bertz CT molecular complexity index is 433. The van der Waals surface area contributed by atoms with Crippen LogP contribution in [-0.2, 0) is 29.1 Å². The molecular weight excluding hydrogens is 278 g/mol. The van der Waals surface area contributed by atoms with Crippen molar-refractivity contribution in [2.45, 2.75) is 18.9 Å². The average Bonchev–Trinajstić information content (AvgIpc) is 2.35. The third-order valence-electron chi connectivity index (χ3n) is 2.69. The number of morpholine rings is 1. The van der Waals surface area contributed by atoms with Crippen LogP contribution in [0.4, 0.5) is 0 Å². The lowest BCUT2D eigenvalue weighted by Gasteiger charge is -2.31. The van der Waals surface area contributed by atoms with Gasteiger partial charge in [-0.25, -0.2) is 8.42 Å². The van der Waals surface area contributed by atoms with E-state index in [0.29, 0.717) is 0 Å². The van der Waals surface area contributed by atoms with Crippen molar-refractivity contribution in [3.8, 4) is 0 Å². The van der Waals surface area contributed by atoms with Gasteiger partial charge in [0.05, 0.1) is 38.4 Å². The summed E-state index contributed by atoms with van der Waals surface area (Å²) in [6, 6.07) is 0. The molecule has 0 aromatic heterocycles. The Balaban J connectivity index is 2.57. The van der Waals surface area contributed by atoms with E-state index in [1.165, 1.54) is 7.11 Å². The molecule has 1 atom stereocenters. The van der Waals surface area contributed by atoms with Gasteiger partial charge in [-0.2, -0.15) is 4.31 Å². The molecule has 19 heavy (non-hydrogen) atoms. The summed E-state index contributed by atoms with van der Waals surface area (Å²) in [5.74, 6) is -1.99. The quantitative estimate of drug-likeness (QED) is 0.629. The topological polar surface area (TPSA) is 110 Å². The van der Waals surface area contributed by atoms with Crippen LogP contribution in [0.2, 0.25) is 0 Å². The Morgan fingerprint density at radius 3 is 2.74 bits per heavy atom. The number of methoxy groups -OCH3 is 1. The molecule has 0 bridgehead atoms. The minimum absolute atomic E-state index is 0.00416. The molecule has 0 aliphatic carbocycles. The standard InChI is InChI=1S/C10H17NO7S/c1-17-10(14)2-5-19(15,16)11-3-4-18-8(7-11)6-9(12)13/h8H,2-7H2,1H3,(H,12,13). The van der Waals surface area contributed by atoms with Crippen molar-refractivity contribution in [3.63, 3.8) is 0 Å². The first-order chi connectivity index (χ1) is 8.85. The fourth-order valence-electron chi connectivity index (χ4n) is 1.71. The molecule has 0 saturated carbocycles. The van der Waals surface area contributed by atoms with E-state index in [4.69, 9.17) is 9.84 Å². The van der Waals surface area contributed by atoms with Gasteiger partial charge in [-0.1, -0.05) is 0 Å². The predicted molar refractivity (Wildman–Crippen MR) is 64.0 cm³/mol. The van der Waals surface area contributed by atoms with E-state index in [2.05, 4.69) is 4.74 Å². The number of nitrogens with zero attached hydrogens (tertiary/aromatic N) is 1. The lowest BCUT2D eigenvalue weighted by atomic mass is 10.2. The van der Waals surface area contributed by atoms with Gasteiger partial charge in [0.25, 0.3) is 0 Å². The number of ether oxygens (including phenoxy) is 2. The van der Waals surface area contributed by atoms with E-state index in [1.54, 1.807) is 0 Å². The normalized spacial score (nSPS) is 21.0. The number of carboxylic acids is 1. The minimum atomic E-state index is -3.60. The van der Waals surface area contributed by atoms with E-state index in [-0.39, 0.29) is 38.3 Å². The Labute approximate surface area is 111 Å². The van der Waals surface area contributed by atoms with Crippen molar-refractivity contribution >= 4 is 22.0 Å². The highest BCUT2D eigenvalue weighted by atomic mass is 32.2. The van der Waals surface area contributed by atoms with Crippen LogP contribution >= 0.6 is 0 Å². The molecule has 1 saturated heterocycles. The fraction of sp³-hybridized carbons (Fsp3) is 0.800. The zero-order valence-electron chi connectivity index (χ0n) is 10.6. The highest BCUT2D eigenvalue weighted by Crippen LogP contribution is 2.13. The van der Waals surface area contributed by atoms with Gasteiger partial charge >= 0.3 is 11.9 Å². The summed E-state index contributed by atoms with van der Waals surface area (Å²) in [7, 11) is -2.41. The second kappa shape index (κ2) is 6.83. The molecule has 0 radical (unpaired) electrons. The van der Waals surface area contributed by atoms with Crippen LogP contribution in [0.5, 0.6) is 0 Å². The first-order valence-corrected chi connectivity index (χ1v) is 7.34. The van der Waals surface area contributed by atoms with Gasteiger partial charge in [-0.3, -0.25) is 9.59 Å². The molecule has 0 aromatic rings. The summed E-state index contributed by atoms with van der Waals surface area (Å²) < 4.78 is 34.6. The van der Waals surface area contributed by atoms with E-state index >= 15 is 0 Å². The number of carbonyl (C=O) groups is 2. The van der Waals surface area contributed by atoms with Gasteiger partial charge in [-0.05, 0) is 0 Å². The highest BCUT2D eigenvalue weighted by Gasteiger charge is 2.30. The molecule has 0 aromatic carbocycles. The van der Waals surface area contributed by atoms with Crippen LogP contribution in [0.15, 0.2) is 0 Å². The predicted octanol–water partition coefficient (Wildman–Crippen LogP) is -0.945. The van der Waals surface area contributed by atoms with Crippen LogP contribution in [0, 0.1) is 0 Å². The number of carbonyl (C=O) groups excluding carboxylic acids is 1. The van der Waals surface area contributed by atoms with E-state index < -0.39 is 28.1 Å². The van der Waals surface area contributed by atoms with E-state index in [1.807, 2.05) is 0 Å². The number of sulfonamides is 1. The molecule has 9 heteroatoms. The van der Waals surface area contributed by atoms with Crippen LogP contribution in [0.1, 0.15) is 12.8 Å². The fourth-order valence-corrected chi connectivity index (χ4v) is 3.14. The van der Waals surface area contributed by atoms with Gasteiger partial charge in [0, 0.05) is 13.1 Å². The summed E-state index contributed by atoms with van der Waals surface area (Å²) in [5.41, 5.74) is 0. The zero-order chi connectivity index (χ0) is 14.5. The maximum Gasteiger partial charge on any atom is 0.306 e. The Morgan fingerprint density at radius 1 is 1.47 bits per heavy atom. The SMILES string of the molecule is COC(=O)CCS(=O)(=O)N1CCOC(CC(=O)O)C1. The van der Waals surface area contributed by atoms with Gasteiger partial charge in [-0.15, -0.1) is 0 Å². The van der Waals surface area contributed by atoms with Crippen LogP contribution in [-0.4, -0.2) is 68.4 Å². The van der Waals surface area contributed by atoms with E-state index in [9.17, 15) is 18.0 Å². The lowest BCUT2D eigenvalue weighted by Crippen LogP contribution is -2.47. The molecule has 110 valence electrons. The van der Waals surface area contributed by atoms with Gasteiger partial charge in [0.1, 0.15) is 0 Å². The van der Waals surface area contributed by atoms with Crippen LogP contribution in [0.3, 0.4) is 0 Å². The van der Waals surface area contributed by atoms with Crippen LogP contribution < -0.4 is 0 Å². The Hall–Kier alpha value is -1.19. The number of rotatable bonds is 6.